The van der Waals surface area contributed by atoms with E-state index in [4.69, 9.17) is 4.74 Å². The van der Waals surface area contributed by atoms with Gasteiger partial charge in [-0.1, -0.05) is 47.6 Å². The summed E-state index contributed by atoms with van der Waals surface area (Å²) in [5.41, 5.74) is -0.649. The molecule has 0 aliphatic heterocycles. The Morgan fingerprint density at radius 1 is 1.25 bits per heavy atom. The molecular formula is C34H53N3O5S2. The van der Waals surface area contributed by atoms with Crippen molar-refractivity contribution in [2.45, 2.75) is 104 Å². The molecule has 0 spiro atoms. The first-order valence-electron chi connectivity index (χ1n) is 16.4. The molecule has 3 unspecified atom stereocenters. The molecule has 2 N–H and O–H groups in total. The summed E-state index contributed by atoms with van der Waals surface area (Å²) >= 11 is 2.82. The average molecular weight is 648 g/mol. The van der Waals surface area contributed by atoms with Crippen LogP contribution in [0.25, 0.3) is 0 Å². The number of hydrogen-bond acceptors (Lipinski definition) is 9. The molecule has 1 aromatic heterocycles. The van der Waals surface area contributed by atoms with Crippen LogP contribution in [0.3, 0.4) is 0 Å². The molecule has 3 aliphatic rings. The van der Waals surface area contributed by atoms with Crippen LogP contribution < -0.4 is 5.32 Å². The van der Waals surface area contributed by atoms with Gasteiger partial charge in [-0.3, -0.25) is 19.3 Å². The van der Waals surface area contributed by atoms with Crippen molar-refractivity contribution in [3.8, 4) is 0 Å². The van der Waals surface area contributed by atoms with Crippen LogP contribution in [0.1, 0.15) is 92.2 Å². The summed E-state index contributed by atoms with van der Waals surface area (Å²) in [7, 11) is 0. The number of esters is 1. The number of nitrogens with one attached hydrogen (secondary N) is 1. The number of thiazole rings is 1. The van der Waals surface area contributed by atoms with E-state index in [-0.39, 0.29) is 46.6 Å². The lowest BCUT2D eigenvalue weighted by atomic mass is 9.44. The van der Waals surface area contributed by atoms with E-state index in [1.54, 1.807) is 0 Å². The smallest absolute Gasteiger partial charge is 0.316 e. The molecule has 1 aromatic rings. The molecule has 2 bridgehead atoms. The number of ether oxygens (including phenoxy) is 1. The summed E-state index contributed by atoms with van der Waals surface area (Å²) in [5.74, 6) is 0.446. The fourth-order valence-corrected chi connectivity index (χ4v) is 10.2. The quantitative estimate of drug-likeness (QED) is 0.189. The van der Waals surface area contributed by atoms with Gasteiger partial charge in [-0.05, 0) is 68.9 Å². The van der Waals surface area contributed by atoms with Gasteiger partial charge in [-0.25, -0.2) is 4.98 Å². The van der Waals surface area contributed by atoms with Gasteiger partial charge < -0.3 is 15.2 Å². The Balaban J connectivity index is 1.41. The number of carbonyl (C=O) groups is 3. The lowest BCUT2D eigenvalue weighted by Crippen LogP contribution is -2.63. The standard InChI is InChI=1S/C34H53N3O5S2/c1-8-15-37(16-9-2)18-27(39)36-31-35-24(20-44-31)19-43-21-28(40)42-26-17-32(6,10-3)30(41)23(5)34-13-11-22(4)33(26,7)29(34)25(38)12-14-34/h10,20,22-23,26,29-30,41H,3,8-9,11-19,21H2,1-2,4-7H3,(H,35,36,39)/t22?,23-,26+,29?,30-,32+,33-,34?/m0/s1. The van der Waals surface area contributed by atoms with E-state index < -0.39 is 23.0 Å². The SMILES string of the molecule is C=C[C@]1(C)C[C@@H](OC(=O)CSCc2csc(NC(=O)CN(CCC)CCC)n2)[C@]2(C)C(C)CCC3(CCC(=O)C32)[C@@H](C)[C@@H]1O. The van der Waals surface area contributed by atoms with Crippen molar-refractivity contribution in [2.75, 3.05) is 30.7 Å². The Morgan fingerprint density at radius 3 is 2.61 bits per heavy atom. The van der Waals surface area contributed by atoms with Gasteiger partial charge in [-0.2, -0.15) is 0 Å². The van der Waals surface area contributed by atoms with Crippen molar-refractivity contribution in [2.24, 2.45) is 34.0 Å². The zero-order chi connectivity index (χ0) is 32.3. The number of ketones is 1. The predicted molar refractivity (Wildman–Crippen MR) is 179 cm³/mol. The van der Waals surface area contributed by atoms with Crippen LogP contribution in [-0.2, 0) is 24.9 Å². The van der Waals surface area contributed by atoms with Gasteiger partial charge in [0.05, 0.1) is 24.1 Å². The number of carbonyl (C=O) groups excluding carboxylic acids is 3. The van der Waals surface area contributed by atoms with E-state index in [9.17, 15) is 19.5 Å². The molecule has 3 aliphatic carbocycles. The highest BCUT2D eigenvalue weighted by Crippen LogP contribution is 2.68. The Bertz CT molecular complexity index is 1200. The molecule has 0 radical (unpaired) electrons. The van der Waals surface area contributed by atoms with Gasteiger partial charge >= 0.3 is 5.97 Å². The number of rotatable bonds is 13. The number of Topliss-reactive ketones (excluding diaryl/α,β-unsaturated/α-hetero) is 1. The largest absolute Gasteiger partial charge is 0.461 e. The Labute approximate surface area is 272 Å². The third-order valence-corrected chi connectivity index (χ3v) is 13.0. The number of hydrogen-bond donors (Lipinski definition) is 2. The summed E-state index contributed by atoms with van der Waals surface area (Å²) in [6.45, 7) is 18.9. The average Bonchev–Trinajstić information content (AvgIpc) is 3.58. The molecule has 8 atom stereocenters. The number of nitrogens with zero attached hydrogens (tertiary/aromatic N) is 2. The summed E-state index contributed by atoms with van der Waals surface area (Å²) in [5, 5.41) is 17.1. The third kappa shape index (κ3) is 6.83. The van der Waals surface area contributed by atoms with Crippen LogP contribution in [0, 0.1) is 34.0 Å². The maximum absolute atomic E-state index is 13.6. The Kier molecular flexibility index (Phi) is 11.4. The lowest BCUT2D eigenvalue weighted by molar-refractivity contribution is -0.205. The molecule has 44 heavy (non-hydrogen) atoms. The third-order valence-electron chi connectivity index (χ3n) is 11.3. The normalized spacial score (nSPS) is 35.1. The second-order valence-corrected chi connectivity index (χ2v) is 15.9. The van der Waals surface area contributed by atoms with E-state index in [1.165, 1.54) is 23.1 Å². The van der Waals surface area contributed by atoms with Gasteiger partial charge in [0.25, 0.3) is 0 Å². The number of thioether (sulfide) groups is 1. The minimum atomic E-state index is -0.678. The van der Waals surface area contributed by atoms with Gasteiger partial charge in [0.15, 0.2) is 5.13 Å². The van der Waals surface area contributed by atoms with Crippen molar-refractivity contribution < 1.29 is 24.2 Å². The molecule has 246 valence electrons. The van der Waals surface area contributed by atoms with Crippen molar-refractivity contribution in [3.05, 3.63) is 23.7 Å². The van der Waals surface area contributed by atoms with E-state index in [2.05, 4.69) is 56.4 Å². The van der Waals surface area contributed by atoms with Crippen molar-refractivity contribution >= 4 is 45.9 Å². The first-order chi connectivity index (χ1) is 20.8. The minimum Gasteiger partial charge on any atom is -0.461 e. The van der Waals surface area contributed by atoms with E-state index in [0.29, 0.717) is 30.3 Å². The van der Waals surface area contributed by atoms with Crippen molar-refractivity contribution in [3.63, 3.8) is 0 Å². The monoisotopic (exact) mass is 647 g/mol. The molecule has 1 heterocycles. The highest BCUT2D eigenvalue weighted by atomic mass is 32.2. The molecule has 0 saturated heterocycles. The van der Waals surface area contributed by atoms with Crippen LogP contribution in [0.5, 0.6) is 0 Å². The molecule has 8 nitrogen and oxygen atoms in total. The van der Waals surface area contributed by atoms with Gasteiger partial charge in [0, 0.05) is 34.3 Å². The van der Waals surface area contributed by atoms with Gasteiger partial charge in [0.1, 0.15) is 11.9 Å². The highest BCUT2D eigenvalue weighted by Gasteiger charge is 2.68. The van der Waals surface area contributed by atoms with Crippen molar-refractivity contribution in [1.29, 1.82) is 0 Å². The highest BCUT2D eigenvalue weighted by molar-refractivity contribution is 7.99. The Hall–Kier alpha value is -1.75. The van der Waals surface area contributed by atoms with Crippen LogP contribution in [0.4, 0.5) is 5.13 Å². The number of aromatic nitrogens is 1. The lowest BCUT2D eigenvalue weighted by Gasteiger charge is -2.61. The fraction of sp³-hybridized carbons (Fsp3) is 0.765. The fourth-order valence-electron chi connectivity index (χ4n) is 8.63. The first-order valence-corrected chi connectivity index (χ1v) is 18.5. The zero-order valence-corrected chi connectivity index (χ0v) is 29.2. The molecule has 3 saturated carbocycles. The number of aliphatic hydroxyl groups is 1. The maximum Gasteiger partial charge on any atom is 0.316 e. The first kappa shape index (κ1) is 35.1. The van der Waals surface area contributed by atoms with Crippen LogP contribution in [0.2, 0.25) is 0 Å². The Morgan fingerprint density at radius 2 is 1.95 bits per heavy atom. The summed E-state index contributed by atoms with van der Waals surface area (Å²) < 4.78 is 6.34. The summed E-state index contributed by atoms with van der Waals surface area (Å²) in [6.07, 6.45) is 6.24. The molecule has 4 rings (SSSR count). The molecule has 1 amide bonds. The summed E-state index contributed by atoms with van der Waals surface area (Å²) in [4.78, 5) is 46.2. The second-order valence-electron chi connectivity index (χ2n) is 14.0. The topological polar surface area (TPSA) is 109 Å². The number of amides is 1. The summed E-state index contributed by atoms with van der Waals surface area (Å²) in [6, 6.07) is 0. The zero-order valence-electron chi connectivity index (χ0n) is 27.5. The second kappa shape index (κ2) is 14.3. The molecular weight excluding hydrogens is 595 g/mol. The number of aliphatic hydroxyl groups excluding tert-OH is 1. The molecule has 3 fully saturated rings. The van der Waals surface area contributed by atoms with Crippen molar-refractivity contribution in [1.82, 2.24) is 9.88 Å². The molecule has 10 heteroatoms. The van der Waals surface area contributed by atoms with Crippen LogP contribution >= 0.6 is 23.1 Å². The van der Waals surface area contributed by atoms with E-state index >= 15 is 0 Å². The van der Waals surface area contributed by atoms with Crippen LogP contribution in [0.15, 0.2) is 18.0 Å². The van der Waals surface area contributed by atoms with E-state index in [0.717, 1.165) is 50.9 Å². The van der Waals surface area contributed by atoms with Crippen LogP contribution in [-0.4, -0.2) is 70.2 Å². The van der Waals surface area contributed by atoms with Gasteiger partial charge in [-0.15, -0.1) is 29.7 Å². The van der Waals surface area contributed by atoms with E-state index in [1.807, 2.05) is 18.4 Å². The molecule has 0 aromatic carbocycles. The maximum atomic E-state index is 13.6. The number of anilines is 1. The predicted octanol–water partition coefficient (Wildman–Crippen LogP) is 6.34. The minimum absolute atomic E-state index is 0.0552. The van der Waals surface area contributed by atoms with Gasteiger partial charge in [0.2, 0.25) is 5.91 Å².